The number of sulfonamides is 1. The van der Waals surface area contributed by atoms with Crippen molar-refractivity contribution >= 4 is 21.4 Å². The lowest BCUT2D eigenvalue weighted by molar-refractivity contribution is -0.384. The molecule has 1 aliphatic rings. The predicted molar refractivity (Wildman–Crippen MR) is 105 cm³/mol. The predicted octanol–water partition coefficient (Wildman–Crippen LogP) is 2.59. The Kier molecular flexibility index (Phi) is 5.36. The number of aryl methyl sites for hydroxylation is 2. The van der Waals surface area contributed by atoms with Crippen molar-refractivity contribution in [2.45, 2.75) is 18.7 Å². The molecule has 2 aromatic carbocycles. The van der Waals surface area contributed by atoms with Gasteiger partial charge in [-0.05, 0) is 43.2 Å². The Labute approximate surface area is 163 Å². The first-order valence-electron chi connectivity index (χ1n) is 8.75. The van der Waals surface area contributed by atoms with Crippen LogP contribution >= 0.6 is 0 Å². The van der Waals surface area contributed by atoms with E-state index < -0.39 is 14.9 Å². The summed E-state index contributed by atoms with van der Waals surface area (Å²) in [6, 6.07) is 11.5. The molecule has 3 rings (SSSR count). The Bertz CT molecular complexity index is 1070. The lowest BCUT2D eigenvalue weighted by atomic mass is 10.1. The highest BCUT2D eigenvalue weighted by Crippen LogP contribution is 2.31. The second-order valence-electron chi connectivity index (χ2n) is 6.73. The summed E-state index contributed by atoms with van der Waals surface area (Å²) in [5.41, 5.74) is 2.13. The van der Waals surface area contributed by atoms with Crippen LogP contribution in [0.3, 0.4) is 0 Å². The maximum absolute atomic E-state index is 13.0. The van der Waals surface area contributed by atoms with Crippen molar-refractivity contribution in [2.24, 2.45) is 0 Å². The Morgan fingerprint density at radius 3 is 2.36 bits per heavy atom. The van der Waals surface area contributed by atoms with Crippen LogP contribution in [-0.4, -0.2) is 43.8 Å². The smallest absolute Gasteiger partial charge is 0.292 e. The molecule has 0 N–H and O–H groups in total. The maximum Gasteiger partial charge on any atom is 0.292 e. The molecule has 28 heavy (non-hydrogen) atoms. The van der Waals surface area contributed by atoms with Crippen molar-refractivity contribution in [1.82, 2.24) is 4.31 Å². The Hall–Kier alpha value is -2.96. The van der Waals surface area contributed by atoms with Gasteiger partial charge in [0.2, 0.25) is 10.0 Å². The topological polar surface area (TPSA) is 108 Å². The lowest BCUT2D eigenvalue weighted by Gasteiger charge is -2.35. The number of anilines is 1. The molecule has 2 aromatic rings. The number of rotatable bonds is 4. The summed E-state index contributed by atoms with van der Waals surface area (Å²) in [6.07, 6.45) is 0. The van der Waals surface area contributed by atoms with Gasteiger partial charge < -0.3 is 4.90 Å². The summed E-state index contributed by atoms with van der Waals surface area (Å²) < 4.78 is 27.5. The van der Waals surface area contributed by atoms with Crippen LogP contribution in [0.15, 0.2) is 41.3 Å². The Morgan fingerprint density at radius 2 is 1.75 bits per heavy atom. The third-order valence-corrected chi connectivity index (χ3v) is 6.88. The molecule has 1 saturated heterocycles. The highest BCUT2D eigenvalue weighted by atomic mass is 32.2. The van der Waals surface area contributed by atoms with Crippen LogP contribution < -0.4 is 4.90 Å². The van der Waals surface area contributed by atoms with E-state index >= 15 is 0 Å². The van der Waals surface area contributed by atoms with E-state index in [4.69, 9.17) is 5.26 Å². The number of piperazine rings is 1. The minimum Gasteiger partial charge on any atom is -0.363 e. The van der Waals surface area contributed by atoms with Gasteiger partial charge in [0, 0.05) is 32.2 Å². The van der Waals surface area contributed by atoms with E-state index in [1.807, 2.05) is 19.1 Å². The van der Waals surface area contributed by atoms with Crippen molar-refractivity contribution in [1.29, 1.82) is 5.26 Å². The van der Waals surface area contributed by atoms with Gasteiger partial charge in [0.25, 0.3) is 5.69 Å². The molecule has 1 heterocycles. The van der Waals surface area contributed by atoms with Gasteiger partial charge in [0.15, 0.2) is 0 Å². The van der Waals surface area contributed by atoms with Gasteiger partial charge >= 0.3 is 0 Å². The number of hydrogen-bond acceptors (Lipinski definition) is 6. The van der Waals surface area contributed by atoms with Gasteiger partial charge in [-0.25, -0.2) is 8.42 Å². The third-order valence-electron chi connectivity index (χ3n) is 4.84. The molecule has 0 aromatic heterocycles. The first-order chi connectivity index (χ1) is 13.2. The largest absolute Gasteiger partial charge is 0.363 e. The Morgan fingerprint density at radius 1 is 1.07 bits per heavy atom. The fourth-order valence-electron chi connectivity index (χ4n) is 3.29. The first-order valence-corrected chi connectivity index (χ1v) is 10.2. The highest BCUT2D eigenvalue weighted by molar-refractivity contribution is 7.89. The van der Waals surface area contributed by atoms with E-state index in [1.54, 1.807) is 24.0 Å². The molecule has 0 unspecified atom stereocenters. The summed E-state index contributed by atoms with van der Waals surface area (Å²) in [4.78, 5) is 12.9. The van der Waals surface area contributed by atoms with E-state index in [0.29, 0.717) is 34.8 Å². The van der Waals surface area contributed by atoms with Crippen molar-refractivity contribution in [3.63, 3.8) is 0 Å². The fourth-order valence-corrected chi connectivity index (χ4v) is 5.03. The molecule has 0 saturated carbocycles. The molecule has 8 nitrogen and oxygen atoms in total. The summed E-state index contributed by atoms with van der Waals surface area (Å²) in [6.45, 7) is 4.64. The molecule has 9 heteroatoms. The molecule has 146 valence electrons. The van der Waals surface area contributed by atoms with Gasteiger partial charge in [0.1, 0.15) is 5.69 Å². The van der Waals surface area contributed by atoms with Gasteiger partial charge in [-0.15, -0.1) is 0 Å². The number of nitro benzene ring substituents is 1. The van der Waals surface area contributed by atoms with Crippen LogP contribution in [0.4, 0.5) is 11.4 Å². The molecule has 0 radical (unpaired) electrons. The first kappa shape index (κ1) is 19.8. The van der Waals surface area contributed by atoms with Crippen molar-refractivity contribution in [2.75, 3.05) is 31.1 Å². The van der Waals surface area contributed by atoms with Gasteiger partial charge in [-0.1, -0.05) is 12.1 Å². The van der Waals surface area contributed by atoms with E-state index in [9.17, 15) is 18.5 Å². The zero-order chi connectivity index (χ0) is 20.5. The number of nitriles is 1. The summed E-state index contributed by atoms with van der Waals surface area (Å²) >= 11 is 0. The van der Waals surface area contributed by atoms with Crippen LogP contribution in [-0.2, 0) is 10.0 Å². The van der Waals surface area contributed by atoms with Crippen LogP contribution in [0, 0.1) is 35.3 Å². The normalized spacial score (nSPS) is 15.2. The number of nitro groups is 1. The number of hydrogen-bond donors (Lipinski definition) is 0. The van der Waals surface area contributed by atoms with Gasteiger partial charge in [0.05, 0.1) is 21.5 Å². The highest BCUT2D eigenvalue weighted by Gasteiger charge is 2.31. The number of benzene rings is 2. The molecular weight excluding hydrogens is 380 g/mol. The van der Waals surface area contributed by atoms with Crippen LogP contribution in [0.25, 0.3) is 0 Å². The van der Waals surface area contributed by atoms with Gasteiger partial charge in [-0.2, -0.15) is 9.57 Å². The van der Waals surface area contributed by atoms with Gasteiger partial charge in [-0.3, -0.25) is 10.1 Å². The Balaban J connectivity index is 1.85. The minimum atomic E-state index is -3.64. The summed E-state index contributed by atoms with van der Waals surface area (Å²) in [7, 11) is -3.64. The summed E-state index contributed by atoms with van der Waals surface area (Å²) in [5.74, 6) is 0. The molecule has 0 amide bonds. The zero-order valence-corrected chi connectivity index (χ0v) is 16.4. The van der Waals surface area contributed by atoms with Crippen molar-refractivity contribution < 1.29 is 13.3 Å². The summed E-state index contributed by atoms with van der Waals surface area (Å²) in [5, 5.41) is 20.4. The van der Waals surface area contributed by atoms with E-state index in [1.165, 1.54) is 22.5 Å². The minimum absolute atomic E-state index is 0.0927. The standard InChI is InChI=1S/C19H20N4O4S/c1-14-3-4-15(2)19(11-14)28(26,27)22-9-7-21(8-10-22)18-12-16(13-20)5-6-17(18)23(24)25/h3-6,11-12H,7-10H2,1-2H3. The van der Waals surface area contributed by atoms with E-state index in [0.717, 1.165) is 5.56 Å². The van der Waals surface area contributed by atoms with Crippen LogP contribution in [0.1, 0.15) is 16.7 Å². The molecule has 0 aliphatic carbocycles. The van der Waals surface area contributed by atoms with Crippen LogP contribution in [0.5, 0.6) is 0 Å². The SMILES string of the molecule is Cc1ccc(C)c(S(=O)(=O)N2CCN(c3cc(C#N)ccc3[N+](=O)[O-])CC2)c1. The number of nitrogens with zero attached hydrogens (tertiary/aromatic N) is 4. The second kappa shape index (κ2) is 7.58. The quantitative estimate of drug-likeness (QED) is 0.577. The molecule has 0 bridgehead atoms. The molecule has 0 atom stereocenters. The van der Waals surface area contributed by atoms with E-state index in [-0.39, 0.29) is 18.8 Å². The van der Waals surface area contributed by atoms with Crippen molar-refractivity contribution in [3.05, 3.63) is 63.2 Å². The monoisotopic (exact) mass is 400 g/mol. The van der Waals surface area contributed by atoms with Crippen LogP contribution in [0.2, 0.25) is 0 Å². The average Bonchev–Trinajstić information content (AvgIpc) is 2.69. The third kappa shape index (κ3) is 3.69. The maximum atomic E-state index is 13.0. The molecular formula is C19H20N4O4S. The second-order valence-corrected chi connectivity index (χ2v) is 8.64. The average molecular weight is 400 g/mol. The van der Waals surface area contributed by atoms with E-state index in [2.05, 4.69) is 0 Å². The zero-order valence-electron chi connectivity index (χ0n) is 15.6. The van der Waals surface area contributed by atoms with Crippen molar-refractivity contribution in [3.8, 4) is 6.07 Å². The fraction of sp³-hybridized carbons (Fsp3) is 0.316. The molecule has 1 fully saturated rings. The molecule has 0 spiro atoms. The molecule has 1 aliphatic heterocycles. The lowest BCUT2D eigenvalue weighted by Crippen LogP contribution is -2.49.